The Balaban J connectivity index is 2.23. The molecule has 1 aromatic rings. The number of halogens is 2. The molecule has 0 aromatic heterocycles. The normalized spacial score (nSPS) is 16.1. The first kappa shape index (κ1) is 12.8. The summed E-state index contributed by atoms with van der Waals surface area (Å²) in [7, 11) is 0. The van der Waals surface area contributed by atoms with E-state index in [4.69, 9.17) is 18.0 Å². The number of thiocarbonyl (C=S) groups is 1. The zero-order chi connectivity index (χ0) is 12.4. The molecule has 2 rings (SSSR count). The Bertz CT molecular complexity index is 444. The van der Waals surface area contributed by atoms with E-state index in [-0.39, 0.29) is 10.8 Å². The first-order valence-electron chi connectivity index (χ1n) is 5.64. The predicted molar refractivity (Wildman–Crippen MR) is 75.9 cm³/mol. The van der Waals surface area contributed by atoms with Crippen molar-refractivity contribution in [3.05, 3.63) is 28.0 Å². The van der Waals surface area contributed by atoms with Crippen molar-refractivity contribution in [2.24, 2.45) is 5.73 Å². The van der Waals surface area contributed by atoms with Gasteiger partial charge in [0.25, 0.3) is 0 Å². The number of nitrogens with two attached hydrogens (primary N) is 1. The van der Waals surface area contributed by atoms with Crippen LogP contribution in [0.4, 0.5) is 10.1 Å². The highest BCUT2D eigenvalue weighted by atomic mass is 79.9. The first-order chi connectivity index (χ1) is 8.09. The fourth-order valence-electron chi connectivity index (χ4n) is 2.14. The van der Waals surface area contributed by atoms with Gasteiger partial charge in [-0.1, -0.05) is 25.1 Å². The molecule has 0 unspecified atom stereocenters. The van der Waals surface area contributed by atoms with E-state index in [1.165, 1.54) is 12.8 Å². The van der Waals surface area contributed by atoms with Gasteiger partial charge in [0.15, 0.2) is 5.82 Å². The fourth-order valence-corrected chi connectivity index (χ4v) is 3.00. The molecule has 0 heterocycles. The summed E-state index contributed by atoms with van der Waals surface area (Å²) < 4.78 is 14.4. The lowest BCUT2D eigenvalue weighted by Crippen LogP contribution is -2.17. The average Bonchev–Trinajstić information content (AvgIpc) is 2.77. The van der Waals surface area contributed by atoms with Gasteiger partial charge in [0, 0.05) is 11.6 Å². The van der Waals surface area contributed by atoms with Crippen molar-refractivity contribution in [1.82, 2.24) is 0 Å². The zero-order valence-corrected chi connectivity index (χ0v) is 11.7. The van der Waals surface area contributed by atoms with Crippen LogP contribution in [0.3, 0.4) is 0 Å². The van der Waals surface area contributed by atoms with Gasteiger partial charge in [-0.05, 0) is 40.9 Å². The van der Waals surface area contributed by atoms with Crippen LogP contribution in [0, 0.1) is 5.82 Å². The molecule has 0 spiro atoms. The Morgan fingerprint density at radius 1 is 1.41 bits per heavy atom. The van der Waals surface area contributed by atoms with Gasteiger partial charge in [0.05, 0.1) is 10.2 Å². The van der Waals surface area contributed by atoms with Crippen molar-refractivity contribution in [1.29, 1.82) is 0 Å². The second kappa shape index (κ2) is 5.31. The lowest BCUT2D eigenvalue weighted by molar-refractivity contribution is 0.617. The maximum Gasteiger partial charge on any atom is 0.161 e. The minimum Gasteiger partial charge on any atom is -0.389 e. The quantitative estimate of drug-likeness (QED) is 0.837. The van der Waals surface area contributed by atoms with Gasteiger partial charge < -0.3 is 11.1 Å². The Morgan fingerprint density at radius 2 is 2.06 bits per heavy atom. The van der Waals surface area contributed by atoms with Crippen molar-refractivity contribution in [3.63, 3.8) is 0 Å². The van der Waals surface area contributed by atoms with Gasteiger partial charge in [0.2, 0.25) is 0 Å². The minimum atomic E-state index is -0.317. The lowest BCUT2D eigenvalue weighted by atomic mass is 10.1. The third-order valence-electron chi connectivity index (χ3n) is 3.06. The number of hydrogen-bond donors (Lipinski definition) is 2. The molecule has 3 N–H and O–H groups in total. The van der Waals surface area contributed by atoms with E-state index < -0.39 is 0 Å². The maximum absolute atomic E-state index is 14.1. The molecule has 1 fully saturated rings. The molecule has 1 aliphatic rings. The van der Waals surface area contributed by atoms with Crippen molar-refractivity contribution < 1.29 is 4.39 Å². The molecular weight excluding hydrogens is 303 g/mol. The molecule has 1 aromatic carbocycles. The van der Waals surface area contributed by atoms with Crippen LogP contribution in [0.1, 0.15) is 31.2 Å². The van der Waals surface area contributed by atoms with Gasteiger partial charge in [-0.2, -0.15) is 0 Å². The predicted octanol–water partition coefficient (Wildman–Crippen LogP) is 3.58. The summed E-state index contributed by atoms with van der Waals surface area (Å²) in [6.45, 7) is 0. The highest BCUT2D eigenvalue weighted by Gasteiger charge is 2.18. The Kier molecular flexibility index (Phi) is 3.99. The van der Waals surface area contributed by atoms with Crippen molar-refractivity contribution in [2.75, 3.05) is 5.32 Å². The first-order valence-corrected chi connectivity index (χ1v) is 6.84. The summed E-state index contributed by atoms with van der Waals surface area (Å²) in [5.41, 5.74) is 6.57. The van der Waals surface area contributed by atoms with E-state index in [2.05, 4.69) is 21.2 Å². The van der Waals surface area contributed by atoms with E-state index in [0.29, 0.717) is 21.8 Å². The van der Waals surface area contributed by atoms with Crippen LogP contribution in [-0.4, -0.2) is 11.0 Å². The number of benzene rings is 1. The number of nitrogens with one attached hydrogen (secondary N) is 1. The summed E-state index contributed by atoms with van der Waals surface area (Å²) in [6, 6.07) is 3.83. The summed E-state index contributed by atoms with van der Waals surface area (Å²) in [6.07, 6.45) is 4.64. The van der Waals surface area contributed by atoms with E-state index in [9.17, 15) is 4.39 Å². The second-order valence-corrected chi connectivity index (χ2v) is 5.51. The van der Waals surface area contributed by atoms with E-state index in [0.717, 1.165) is 12.8 Å². The number of rotatable bonds is 3. The molecule has 92 valence electrons. The standard InChI is InChI=1S/C12H14BrFN2S/c13-10-8(12(15)17)5-6-9(11(10)14)16-7-3-1-2-4-7/h5-7,16H,1-4H2,(H2,15,17). The largest absolute Gasteiger partial charge is 0.389 e. The number of anilines is 1. The molecule has 0 atom stereocenters. The highest BCUT2D eigenvalue weighted by Crippen LogP contribution is 2.29. The van der Waals surface area contributed by atoms with Crippen molar-refractivity contribution >= 4 is 38.8 Å². The van der Waals surface area contributed by atoms with Gasteiger partial charge >= 0.3 is 0 Å². The zero-order valence-electron chi connectivity index (χ0n) is 9.30. The van der Waals surface area contributed by atoms with E-state index >= 15 is 0 Å². The summed E-state index contributed by atoms with van der Waals surface area (Å²) >= 11 is 8.06. The lowest BCUT2D eigenvalue weighted by Gasteiger charge is -2.15. The third kappa shape index (κ3) is 2.77. The van der Waals surface area contributed by atoms with Crippen LogP contribution in [0.2, 0.25) is 0 Å². The summed E-state index contributed by atoms with van der Waals surface area (Å²) in [5.74, 6) is -0.317. The number of hydrogen-bond acceptors (Lipinski definition) is 2. The Hall–Kier alpha value is -0.680. The molecule has 1 aliphatic carbocycles. The van der Waals surface area contributed by atoms with Crippen molar-refractivity contribution in [3.8, 4) is 0 Å². The minimum absolute atomic E-state index is 0.197. The average molecular weight is 317 g/mol. The Labute approximate surface area is 114 Å². The molecule has 5 heteroatoms. The van der Waals surface area contributed by atoms with Crippen LogP contribution in [-0.2, 0) is 0 Å². The molecular formula is C12H14BrFN2S. The van der Waals surface area contributed by atoms with Gasteiger partial charge in [-0.3, -0.25) is 0 Å². The summed E-state index contributed by atoms with van der Waals surface area (Å²) in [4.78, 5) is 0.197. The van der Waals surface area contributed by atoms with Crippen molar-refractivity contribution in [2.45, 2.75) is 31.7 Å². The van der Waals surface area contributed by atoms with Crippen LogP contribution in [0.15, 0.2) is 16.6 Å². The van der Waals surface area contributed by atoms with E-state index in [1.807, 2.05) is 0 Å². The second-order valence-electron chi connectivity index (χ2n) is 4.28. The third-order valence-corrected chi connectivity index (χ3v) is 4.06. The molecule has 0 aliphatic heterocycles. The molecule has 0 amide bonds. The fraction of sp³-hybridized carbons (Fsp3) is 0.417. The SMILES string of the molecule is NC(=S)c1ccc(NC2CCCC2)c(F)c1Br. The topological polar surface area (TPSA) is 38.0 Å². The van der Waals surface area contributed by atoms with Crippen LogP contribution in [0.5, 0.6) is 0 Å². The summed E-state index contributed by atoms with van der Waals surface area (Å²) in [5, 5.41) is 3.23. The molecule has 0 saturated heterocycles. The van der Waals surface area contributed by atoms with Crippen LogP contribution >= 0.6 is 28.1 Å². The molecule has 0 bridgehead atoms. The van der Waals surface area contributed by atoms with E-state index in [1.54, 1.807) is 12.1 Å². The molecule has 2 nitrogen and oxygen atoms in total. The highest BCUT2D eigenvalue weighted by molar-refractivity contribution is 9.10. The monoisotopic (exact) mass is 316 g/mol. The molecule has 1 saturated carbocycles. The van der Waals surface area contributed by atoms with Gasteiger partial charge in [-0.25, -0.2) is 4.39 Å². The Morgan fingerprint density at radius 3 is 2.65 bits per heavy atom. The molecule has 17 heavy (non-hydrogen) atoms. The molecule has 0 radical (unpaired) electrons. The maximum atomic E-state index is 14.1. The van der Waals surface area contributed by atoms with Gasteiger partial charge in [0.1, 0.15) is 4.99 Å². The smallest absolute Gasteiger partial charge is 0.161 e. The van der Waals surface area contributed by atoms with Crippen LogP contribution in [0.25, 0.3) is 0 Å². The van der Waals surface area contributed by atoms with Gasteiger partial charge in [-0.15, -0.1) is 0 Å². The van der Waals surface area contributed by atoms with Crippen LogP contribution < -0.4 is 11.1 Å².